The molecular formula is C17H18N2O. The molecule has 3 N–H and O–H groups in total. The quantitative estimate of drug-likeness (QED) is 0.834. The average Bonchev–Trinajstić information content (AvgIpc) is 2.57. The highest BCUT2D eigenvalue weighted by Gasteiger charge is 2.28. The third kappa shape index (κ3) is 2.32. The van der Waals surface area contributed by atoms with Crippen molar-refractivity contribution in [3.8, 4) is 0 Å². The number of fused-ring (bicyclic) bond motifs is 1. The lowest BCUT2D eigenvalue weighted by atomic mass is 9.86. The number of benzene rings is 2. The molecule has 0 saturated carbocycles. The maximum absolute atomic E-state index is 12.0. The Balaban J connectivity index is 2.12. The summed E-state index contributed by atoms with van der Waals surface area (Å²) in [7, 11) is 0. The first-order valence-electron chi connectivity index (χ1n) is 6.87. The van der Waals surface area contributed by atoms with E-state index in [4.69, 9.17) is 5.73 Å². The molecule has 0 unspecified atom stereocenters. The SMILES string of the molecule is Cc1ccc2c(c1)NC(=O)[C@H](N)C[C@@H]2c1ccccc1. The molecule has 3 nitrogen and oxygen atoms in total. The van der Waals surface area contributed by atoms with Crippen LogP contribution in [0.3, 0.4) is 0 Å². The molecule has 0 aliphatic carbocycles. The summed E-state index contributed by atoms with van der Waals surface area (Å²) in [6, 6.07) is 15.9. The van der Waals surface area contributed by atoms with Crippen molar-refractivity contribution < 1.29 is 4.79 Å². The molecule has 20 heavy (non-hydrogen) atoms. The van der Waals surface area contributed by atoms with Crippen molar-refractivity contribution in [2.24, 2.45) is 5.73 Å². The van der Waals surface area contributed by atoms with Crippen molar-refractivity contribution in [2.45, 2.75) is 25.3 Å². The zero-order valence-corrected chi connectivity index (χ0v) is 11.5. The molecule has 0 aromatic heterocycles. The van der Waals surface area contributed by atoms with Gasteiger partial charge in [0.1, 0.15) is 0 Å². The Morgan fingerprint density at radius 2 is 1.90 bits per heavy atom. The molecule has 0 bridgehead atoms. The molecule has 102 valence electrons. The van der Waals surface area contributed by atoms with Crippen molar-refractivity contribution in [3.05, 3.63) is 65.2 Å². The molecule has 3 heteroatoms. The van der Waals surface area contributed by atoms with Gasteiger partial charge in [0.15, 0.2) is 0 Å². The van der Waals surface area contributed by atoms with E-state index in [1.165, 1.54) is 5.56 Å². The fraction of sp³-hybridized carbons (Fsp3) is 0.235. The third-order valence-electron chi connectivity index (χ3n) is 3.87. The molecular weight excluding hydrogens is 248 g/mol. The predicted molar refractivity (Wildman–Crippen MR) is 80.7 cm³/mol. The van der Waals surface area contributed by atoms with Gasteiger partial charge in [0.05, 0.1) is 6.04 Å². The van der Waals surface area contributed by atoms with Crippen LogP contribution < -0.4 is 11.1 Å². The summed E-state index contributed by atoms with van der Waals surface area (Å²) in [5.41, 5.74) is 10.4. The number of nitrogens with two attached hydrogens (primary N) is 1. The first-order chi connectivity index (χ1) is 9.65. The van der Waals surface area contributed by atoms with Crippen molar-refractivity contribution in [2.75, 3.05) is 5.32 Å². The van der Waals surface area contributed by atoms with E-state index in [9.17, 15) is 4.79 Å². The van der Waals surface area contributed by atoms with Gasteiger partial charge in [-0.2, -0.15) is 0 Å². The second-order valence-electron chi connectivity index (χ2n) is 5.39. The molecule has 3 rings (SSSR count). The fourth-order valence-electron chi connectivity index (χ4n) is 2.80. The van der Waals surface area contributed by atoms with Crippen LogP contribution >= 0.6 is 0 Å². The van der Waals surface area contributed by atoms with Crippen LogP contribution in [-0.4, -0.2) is 11.9 Å². The number of anilines is 1. The number of nitrogens with one attached hydrogen (secondary N) is 1. The Morgan fingerprint density at radius 1 is 1.15 bits per heavy atom. The van der Waals surface area contributed by atoms with Crippen LogP contribution in [0.25, 0.3) is 0 Å². The Kier molecular flexibility index (Phi) is 3.28. The zero-order chi connectivity index (χ0) is 14.1. The Morgan fingerprint density at radius 3 is 2.65 bits per heavy atom. The van der Waals surface area contributed by atoms with Crippen LogP contribution in [0.2, 0.25) is 0 Å². The maximum atomic E-state index is 12.0. The molecule has 0 radical (unpaired) electrons. The van der Waals surface area contributed by atoms with Gasteiger partial charge in [0, 0.05) is 11.6 Å². The highest BCUT2D eigenvalue weighted by Crippen LogP contribution is 2.36. The second-order valence-corrected chi connectivity index (χ2v) is 5.39. The lowest BCUT2D eigenvalue weighted by molar-refractivity contribution is -0.117. The van der Waals surface area contributed by atoms with Gasteiger partial charge in [-0.1, -0.05) is 42.5 Å². The minimum absolute atomic E-state index is 0.102. The number of rotatable bonds is 1. The molecule has 0 saturated heterocycles. The predicted octanol–water partition coefficient (Wildman–Crippen LogP) is 2.80. The van der Waals surface area contributed by atoms with Crippen LogP contribution in [0.1, 0.15) is 29.0 Å². The molecule has 2 atom stereocenters. The highest BCUT2D eigenvalue weighted by molar-refractivity contribution is 5.96. The first kappa shape index (κ1) is 12.9. The van der Waals surface area contributed by atoms with Gasteiger partial charge in [-0.25, -0.2) is 0 Å². The molecule has 2 aromatic carbocycles. The average molecular weight is 266 g/mol. The highest BCUT2D eigenvalue weighted by atomic mass is 16.2. The second kappa shape index (κ2) is 5.10. The van der Waals surface area contributed by atoms with E-state index in [0.717, 1.165) is 16.8 Å². The summed E-state index contributed by atoms with van der Waals surface area (Å²) >= 11 is 0. The Labute approximate surface area is 118 Å². The van der Waals surface area contributed by atoms with Crippen molar-refractivity contribution in [1.29, 1.82) is 0 Å². The molecule has 1 amide bonds. The zero-order valence-electron chi connectivity index (χ0n) is 11.5. The minimum Gasteiger partial charge on any atom is -0.324 e. The standard InChI is InChI=1S/C17H18N2O/c1-11-7-8-13-14(12-5-3-2-4-6-12)10-15(18)17(20)19-16(13)9-11/h2-9,14-15H,10,18H2,1H3,(H,19,20)/t14-,15-/m1/s1. The number of hydrogen-bond donors (Lipinski definition) is 2. The van der Waals surface area contributed by atoms with Gasteiger partial charge in [0.2, 0.25) is 5.91 Å². The molecule has 0 spiro atoms. The summed E-state index contributed by atoms with van der Waals surface area (Å²) in [6.07, 6.45) is 0.631. The van der Waals surface area contributed by atoms with Crippen LogP contribution in [0.5, 0.6) is 0 Å². The van der Waals surface area contributed by atoms with E-state index in [2.05, 4.69) is 29.6 Å². The van der Waals surface area contributed by atoms with E-state index in [0.29, 0.717) is 6.42 Å². The molecule has 0 fully saturated rings. The molecule has 1 aliphatic rings. The van der Waals surface area contributed by atoms with Gasteiger partial charge in [-0.05, 0) is 36.1 Å². The van der Waals surface area contributed by atoms with Gasteiger partial charge in [-0.15, -0.1) is 0 Å². The van der Waals surface area contributed by atoms with Crippen LogP contribution in [0.4, 0.5) is 5.69 Å². The summed E-state index contributed by atoms with van der Waals surface area (Å²) < 4.78 is 0. The summed E-state index contributed by atoms with van der Waals surface area (Å²) in [5.74, 6) is 0.0519. The van der Waals surface area contributed by atoms with E-state index >= 15 is 0 Å². The van der Waals surface area contributed by atoms with Gasteiger partial charge in [0.25, 0.3) is 0 Å². The van der Waals surface area contributed by atoms with Crippen molar-refractivity contribution in [1.82, 2.24) is 0 Å². The van der Waals surface area contributed by atoms with Gasteiger partial charge >= 0.3 is 0 Å². The van der Waals surface area contributed by atoms with Gasteiger partial charge < -0.3 is 11.1 Å². The van der Waals surface area contributed by atoms with Crippen LogP contribution in [0, 0.1) is 6.92 Å². The minimum atomic E-state index is -0.479. The number of aryl methyl sites for hydroxylation is 1. The fourth-order valence-corrected chi connectivity index (χ4v) is 2.80. The first-order valence-corrected chi connectivity index (χ1v) is 6.87. The third-order valence-corrected chi connectivity index (χ3v) is 3.87. The van der Waals surface area contributed by atoms with Crippen LogP contribution in [0.15, 0.2) is 48.5 Å². The van der Waals surface area contributed by atoms with E-state index in [-0.39, 0.29) is 11.8 Å². The number of amides is 1. The lowest BCUT2D eigenvalue weighted by Gasteiger charge is -2.19. The number of carbonyl (C=O) groups is 1. The van der Waals surface area contributed by atoms with E-state index in [1.807, 2.05) is 31.2 Å². The number of hydrogen-bond acceptors (Lipinski definition) is 2. The van der Waals surface area contributed by atoms with Gasteiger partial charge in [-0.3, -0.25) is 4.79 Å². The summed E-state index contributed by atoms with van der Waals surface area (Å²) in [6.45, 7) is 2.02. The maximum Gasteiger partial charge on any atom is 0.241 e. The van der Waals surface area contributed by atoms with Crippen molar-refractivity contribution in [3.63, 3.8) is 0 Å². The Bertz CT molecular complexity index is 637. The van der Waals surface area contributed by atoms with E-state index in [1.54, 1.807) is 0 Å². The smallest absolute Gasteiger partial charge is 0.241 e. The molecule has 1 aliphatic heterocycles. The van der Waals surface area contributed by atoms with Crippen molar-refractivity contribution >= 4 is 11.6 Å². The topological polar surface area (TPSA) is 55.1 Å². The summed E-state index contributed by atoms with van der Waals surface area (Å²) in [4.78, 5) is 12.0. The van der Waals surface area contributed by atoms with E-state index < -0.39 is 6.04 Å². The summed E-state index contributed by atoms with van der Waals surface area (Å²) in [5, 5.41) is 2.95. The van der Waals surface area contributed by atoms with Crippen LogP contribution in [-0.2, 0) is 4.79 Å². The monoisotopic (exact) mass is 266 g/mol. The molecule has 1 heterocycles. The normalized spacial score (nSPS) is 21.8. The largest absolute Gasteiger partial charge is 0.324 e. The lowest BCUT2D eigenvalue weighted by Crippen LogP contribution is -2.35. The Hall–Kier alpha value is -2.13. The number of carbonyl (C=O) groups excluding carboxylic acids is 1. The molecule has 2 aromatic rings.